The quantitative estimate of drug-likeness (QED) is 0.670. The largest absolute Gasteiger partial charge is 0.446 e. The van der Waals surface area contributed by atoms with E-state index < -0.39 is 11.2 Å². The minimum Gasteiger partial charge on any atom is -0.446 e. The summed E-state index contributed by atoms with van der Waals surface area (Å²) in [7, 11) is 0. The average Bonchev–Trinajstić information content (AvgIpc) is 3.39. The van der Waals surface area contributed by atoms with Gasteiger partial charge in [-0.2, -0.15) is 0 Å². The van der Waals surface area contributed by atoms with Crippen LogP contribution in [0.5, 0.6) is 0 Å². The van der Waals surface area contributed by atoms with Gasteiger partial charge in [0.15, 0.2) is 0 Å². The Labute approximate surface area is 201 Å². The molecule has 2 heterocycles. The number of halogens is 1. The number of aromatic nitrogens is 2. The number of rotatable bonds is 5. The minimum absolute atomic E-state index is 0.0719. The summed E-state index contributed by atoms with van der Waals surface area (Å²) >= 11 is 0. The standard InChI is InChI=1S/C25H31FN4O5/c26-17-1-2-19-20(9-17)29(5-6-31)23(33)30(19)18-3-4-28(13-18)24(34)35-21-15-7-14-8-16(21)12-25(10-14,11-15)22(27)32/h1-2,9,14-16,18,21,31H,3-8,10-13H2,(H2,27,32)/t14?,15-,16?,18?,21?,25?/m0/s1. The van der Waals surface area contributed by atoms with E-state index in [0.717, 1.165) is 19.3 Å². The van der Waals surface area contributed by atoms with Gasteiger partial charge in [0.1, 0.15) is 11.9 Å². The summed E-state index contributed by atoms with van der Waals surface area (Å²) in [4.78, 5) is 40.1. The number of fused-ring (bicyclic) bond motifs is 1. The number of amides is 2. The lowest BCUT2D eigenvalue weighted by Crippen LogP contribution is -2.59. The van der Waals surface area contributed by atoms with Crippen molar-refractivity contribution >= 4 is 23.0 Å². The number of hydrogen-bond donors (Lipinski definition) is 2. The fourth-order valence-electron chi connectivity index (χ4n) is 7.70. The number of benzene rings is 1. The smallest absolute Gasteiger partial charge is 0.410 e. The molecular formula is C25H31FN4O5. The first kappa shape index (κ1) is 22.6. The molecule has 188 valence electrons. The van der Waals surface area contributed by atoms with Gasteiger partial charge in [-0.15, -0.1) is 0 Å². The van der Waals surface area contributed by atoms with Crippen LogP contribution in [-0.2, 0) is 16.1 Å². The first-order valence-electron chi connectivity index (χ1n) is 12.6. The predicted octanol–water partition coefficient (Wildman–Crippen LogP) is 2.00. The van der Waals surface area contributed by atoms with Crippen molar-refractivity contribution in [2.24, 2.45) is 28.9 Å². The highest BCUT2D eigenvalue weighted by Crippen LogP contribution is 2.60. The number of nitrogens with two attached hydrogens (primary N) is 1. The fraction of sp³-hybridized carbons (Fsp3) is 0.640. The van der Waals surface area contributed by atoms with E-state index in [1.807, 2.05) is 0 Å². The maximum atomic E-state index is 13.9. The lowest BCUT2D eigenvalue weighted by Gasteiger charge is -2.58. The van der Waals surface area contributed by atoms with Crippen molar-refractivity contribution in [3.05, 3.63) is 34.5 Å². The van der Waals surface area contributed by atoms with Crippen molar-refractivity contribution in [3.63, 3.8) is 0 Å². The molecule has 4 saturated carbocycles. The second-order valence-electron chi connectivity index (χ2n) is 11.0. The molecule has 2 amide bonds. The molecule has 3 N–H and O–H groups in total. The van der Waals surface area contributed by atoms with Crippen molar-refractivity contribution in [1.82, 2.24) is 14.0 Å². The van der Waals surface area contributed by atoms with Crippen LogP contribution < -0.4 is 11.4 Å². The molecule has 5 fully saturated rings. The highest BCUT2D eigenvalue weighted by atomic mass is 19.1. The zero-order valence-corrected chi connectivity index (χ0v) is 19.6. The number of hydrogen-bond acceptors (Lipinski definition) is 5. The Kier molecular flexibility index (Phi) is 5.21. The second kappa shape index (κ2) is 8.08. The fourth-order valence-corrected chi connectivity index (χ4v) is 7.70. The summed E-state index contributed by atoms with van der Waals surface area (Å²) in [6.07, 6.45) is 4.23. The van der Waals surface area contributed by atoms with Gasteiger partial charge >= 0.3 is 11.8 Å². The number of likely N-dealkylation sites (tertiary alicyclic amines) is 1. The van der Waals surface area contributed by atoms with Crippen molar-refractivity contribution in [1.29, 1.82) is 0 Å². The maximum Gasteiger partial charge on any atom is 0.410 e. The summed E-state index contributed by atoms with van der Waals surface area (Å²) in [5.74, 6) is 0.163. The zero-order chi connectivity index (χ0) is 24.5. The number of imidazole rings is 1. The molecule has 1 saturated heterocycles. The molecule has 0 spiro atoms. The van der Waals surface area contributed by atoms with Gasteiger partial charge in [-0.3, -0.25) is 13.9 Å². The third-order valence-corrected chi connectivity index (χ3v) is 8.98. The van der Waals surface area contributed by atoms with Crippen LogP contribution in [-0.4, -0.2) is 56.9 Å². The average molecular weight is 487 g/mol. The van der Waals surface area contributed by atoms with E-state index in [2.05, 4.69) is 0 Å². The summed E-state index contributed by atoms with van der Waals surface area (Å²) < 4.78 is 22.9. The van der Waals surface area contributed by atoms with Gasteiger partial charge < -0.3 is 20.5 Å². The van der Waals surface area contributed by atoms with Gasteiger partial charge in [0, 0.05) is 13.1 Å². The van der Waals surface area contributed by atoms with Crippen molar-refractivity contribution < 1.29 is 23.8 Å². The number of aliphatic hydroxyl groups is 1. The van der Waals surface area contributed by atoms with E-state index in [1.54, 1.807) is 15.5 Å². The highest BCUT2D eigenvalue weighted by molar-refractivity contribution is 5.81. The van der Waals surface area contributed by atoms with Crippen LogP contribution in [0.3, 0.4) is 0 Å². The van der Waals surface area contributed by atoms with E-state index >= 15 is 0 Å². The summed E-state index contributed by atoms with van der Waals surface area (Å²) in [6, 6.07) is 3.92. The lowest BCUT2D eigenvalue weighted by molar-refractivity contribution is -0.161. The SMILES string of the molecule is NC(=O)C12CC3CC(C1)C(OC(=O)N1CCC(n4c(=O)n(CCO)c5cc(F)ccc54)C1)[C@@H](C3)C2. The predicted molar refractivity (Wildman–Crippen MR) is 124 cm³/mol. The minimum atomic E-state index is -0.452. The van der Waals surface area contributed by atoms with Gasteiger partial charge in [0.25, 0.3) is 0 Å². The number of carbonyl (C=O) groups is 2. The topological polar surface area (TPSA) is 120 Å². The van der Waals surface area contributed by atoms with Crippen LogP contribution in [0.25, 0.3) is 11.0 Å². The van der Waals surface area contributed by atoms with Gasteiger partial charge in [-0.1, -0.05) is 0 Å². The molecule has 0 radical (unpaired) electrons. The Morgan fingerprint density at radius 3 is 2.60 bits per heavy atom. The van der Waals surface area contributed by atoms with Crippen LogP contribution in [0, 0.1) is 29.0 Å². The first-order valence-corrected chi connectivity index (χ1v) is 12.6. The van der Waals surface area contributed by atoms with Crippen LogP contribution in [0.1, 0.15) is 44.6 Å². The molecule has 1 aliphatic heterocycles. The molecule has 5 unspecified atom stereocenters. The molecule has 7 rings (SSSR count). The van der Waals surface area contributed by atoms with Crippen LogP contribution in [0.15, 0.2) is 23.0 Å². The number of primary amides is 1. The summed E-state index contributed by atoms with van der Waals surface area (Å²) in [5, 5.41) is 9.39. The van der Waals surface area contributed by atoms with E-state index in [9.17, 15) is 23.9 Å². The Bertz CT molecular complexity index is 1240. The Hall–Kier alpha value is -2.88. The molecule has 2 aromatic rings. The molecule has 4 bridgehead atoms. The van der Waals surface area contributed by atoms with E-state index in [4.69, 9.17) is 10.5 Å². The van der Waals surface area contributed by atoms with Gasteiger partial charge in [0.2, 0.25) is 5.91 Å². The third-order valence-electron chi connectivity index (χ3n) is 8.98. The van der Waals surface area contributed by atoms with Crippen molar-refractivity contribution in [3.8, 4) is 0 Å². The lowest BCUT2D eigenvalue weighted by atomic mass is 9.48. The molecule has 9 nitrogen and oxygen atoms in total. The second-order valence-corrected chi connectivity index (χ2v) is 11.0. The Balaban J connectivity index is 1.19. The van der Waals surface area contributed by atoms with Gasteiger partial charge in [0.05, 0.1) is 35.6 Å². The monoisotopic (exact) mass is 486 g/mol. The highest BCUT2D eigenvalue weighted by Gasteiger charge is 2.59. The van der Waals surface area contributed by atoms with Crippen LogP contribution in [0.4, 0.5) is 9.18 Å². The Morgan fingerprint density at radius 2 is 1.91 bits per heavy atom. The number of aliphatic hydroxyl groups excluding tert-OH is 1. The summed E-state index contributed by atoms with van der Waals surface area (Å²) in [5.41, 5.74) is 6.04. The van der Waals surface area contributed by atoms with E-state index in [0.29, 0.717) is 49.3 Å². The van der Waals surface area contributed by atoms with E-state index in [1.165, 1.54) is 16.7 Å². The number of carbonyl (C=O) groups excluding carboxylic acids is 2. The molecule has 4 aliphatic carbocycles. The molecule has 1 aromatic carbocycles. The molecular weight excluding hydrogens is 455 g/mol. The molecule has 35 heavy (non-hydrogen) atoms. The maximum absolute atomic E-state index is 13.9. The third kappa shape index (κ3) is 3.48. The Morgan fingerprint density at radius 1 is 1.17 bits per heavy atom. The van der Waals surface area contributed by atoms with Gasteiger partial charge in [-0.05, 0) is 74.5 Å². The molecule has 10 heteroatoms. The summed E-state index contributed by atoms with van der Waals surface area (Å²) in [6.45, 7) is 0.618. The zero-order valence-electron chi connectivity index (χ0n) is 19.6. The van der Waals surface area contributed by atoms with Gasteiger partial charge in [-0.25, -0.2) is 14.0 Å². The van der Waals surface area contributed by atoms with Crippen LogP contribution in [0.2, 0.25) is 0 Å². The van der Waals surface area contributed by atoms with Crippen molar-refractivity contribution in [2.45, 2.75) is 57.2 Å². The molecule has 5 aliphatic rings. The number of ether oxygens (including phenoxy) is 1. The number of nitrogens with zero attached hydrogens (tertiary/aromatic N) is 3. The normalized spacial score (nSPS) is 33.5. The van der Waals surface area contributed by atoms with Crippen LogP contribution >= 0.6 is 0 Å². The molecule has 6 atom stereocenters. The first-order chi connectivity index (χ1) is 16.8. The van der Waals surface area contributed by atoms with Crippen molar-refractivity contribution in [2.75, 3.05) is 19.7 Å². The van der Waals surface area contributed by atoms with E-state index in [-0.39, 0.29) is 54.8 Å². The molecule has 1 aromatic heterocycles.